The fourth-order valence-corrected chi connectivity index (χ4v) is 7.46. The summed E-state index contributed by atoms with van der Waals surface area (Å²) in [6.45, 7) is 16.8. The Kier molecular flexibility index (Phi) is 14.3. The van der Waals surface area contributed by atoms with Gasteiger partial charge in [0.2, 0.25) is 0 Å². The number of nitrogens with zero attached hydrogens (tertiary/aromatic N) is 4. The molecular weight excluding hydrogens is 585 g/mol. The molecule has 48 heavy (non-hydrogen) atoms. The summed E-state index contributed by atoms with van der Waals surface area (Å²) in [5.74, 6) is 0. The molecule has 0 amide bonds. The van der Waals surface area contributed by atoms with Crippen molar-refractivity contribution in [1.82, 2.24) is 19.6 Å². The van der Waals surface area contributed by atoms with E-state index in [4.69, 9.17) is 0 Å². The maximum absolute atomic E-state index is 2.66. The van der Waals surface area contributed by atoms with Gasteiger partial charge in [-0.3, -0.25) is 9.80 Å². The predicted octanol–water partition coefficient (Wildman–Crippen LogP) is 8.96. The summed E-state index contributed by atoms with van der Waals surface area (Å²) in [6.07, 6.45) is 6.69. The number of aryl methyl sites for hydroxylation is 2. The molecule has 0 unspecified atom stereocenters. The third kappa shape index (κ3) is 11.7. The largest absolute Gasteiger partial charge is 0.302 e. The highest BCUT2D eigenvalue weighted by molar-refractivity contribution is 5.23. The van der Waals surface area contributed by atoms with Gasteiger partial charge in [0.1, 0.15) is 0 Å². The number of likely N-dealkylation sites (N-methyl/N-ethyl adjacent to an activating group) is 1. The highest BCUT2D eigenvalue weighted by Crippen LogP contribution is 2.22. The number of likely N-dealkylation sites (tertiary alicyclic amines) is 2. The molecule has 2 fully saturated rings. The van der Waals surface area contributed by atoms with E-state index in [1.54, 1.807) is 0 Å². The van der Waals surface area contributed by atoms with Gasteiger partial charge in [-0.25, -0.2) is 0 Å². The number of hydrogen-bond donors (Lipinski definition) is 0. The van der Waals surface area contributed by atoms with E-state index in [2.05, 4.69) is 157 Å². The summed E-state index contributed by atoms with van der Waals surface area (Å²) < 4.78 is 0. The molecule has 4 aromatic carbocycles. The van der Waals surface area contributed by atoms with Crippen LogP contribution in [0.4, 0.5) is 0 Å². The van der Waals surface area contributed by atoms with Gasteiger partial charge in [0.05, 0.1) is 0 Å². The van der Waals surface area contributed by atoms with Crippen LogP contribution in [0.25, 0.3) is 0 Å². The molecule has 0 N–H and O–H groups in total. The average molecular weight is 645 g/mol. The molecule has 6 rings (SSSR count). The molecular formula is C44H60N4. The monoisotopic (exact) mass is 644 g/mol. The number of hydrogen-bond acceptors (Lipinski definition) is 4. The zero-order chi connectivity index (χ0) is 33.6. The van der Waals surface area contributed by atoms with E-state index >= 15 is 0 Å². The van der Waals surface area contributed by atoms with Crippen LogP contribution in [0.15, 0.2) is 109 Å². The molecule has 4 nitrogen and oxygen atoms in total. The summed E-state index contributed by atoms with van der Waals surface area (Å²) in [6, 6.07) is 41.2. The lowest BCUT2D eigenvalue weighted by atomic mass is 10.1. The highest BCUT2D eigenvalue weighted by Gasteiger charge is 2.24. The molecule has 2 aliphatic heterocycles. The third-order valence-electron chi connectivity index (χ3n) is 10.4. The Bertz CT molecular complexity index is 1350. The Morgan fingerprint density at radius 2 is 1.02 bits per heavy atom. The minimum Gasteiger partial charge on any atom is -0.302 e. The molecule has 0 saturated carbocycles. The lowest BCUT2D eigenvalue weighted by Gasteiger charge is -2.29. The van der Waals surface area contributed by atoms with Crippen molar-refractivity contribution in [2.24, 2.45) is 0 Å². The first kappa shape index (κ1) is 36.0. The van der Waals surface area contributed by atoms with Gasteiger partial charge in [0, 0.05) is 51.4 Å². The Labute approximate surface area is 292 Å². The second-order valence-corrected chi connectivity index (χ2v) is 14.3. The molecule has 4 aromatic rings. The molecule has 0 aromatic heterocycles. The van der Waals surface area contributed by atoms with E-state index in [0.29, 0.717) is 6.04 Å². The van der Waals surface area contributed by atoms with Crippen LogP contribution in [-0.4, -0.2) is 71.5 Å². The van der Waals surface area contributed by atoms with Crippen molar-refractivity contribution in [3.05, 3.63) is 143 Å². The molecule has 2 saturated heterocycles. The van der Waals surface area contributed by atoms with Gasteiger partial charge >= 0.3 is 0 Å². The van der Waals surface area contributed by atoms with E-state index in [9.17, 15) is 0 Å². The van der Waals surface area contributed by atoms with Gasteiger partial charge < -0.3 is 9.80 Å². The first-order valence-electron chi connectivity index (χ1n) is 18.5. The minimum absolute atomic E-state index is 0.701. The van der Waals surface area contributed by atoms with E-state index in [-0.39, 0.29) is 0 Å². The van der Waals surface area contributed by atoms with Crippen LogP contribution in [0.3, 0.4) is 0 Å². The Morgan fingerprint density at radius 1 is 0.562 bits per heavy atom. The van der Waals surface area contributed by atoms with Crippen molar-refractivity contribution in [3.63, 3.8) is 0 Å². The molecule has 2 atom stereocenters. The highest BCUT2D eigenvalue weighted by atomic mass is 15.2. The summed E-state index contributed by atoms with van der Waals surface area (Å²) >= 11 is 0. The predicted molar refractivity (Wildman–Crippen MR) is 204 cm³/mol. The quantitative estimate of drug-likeness (QED) is 0.136. The van der Waals surface area contributed by atoms with Crippen molar-refractivity contribution in [3.8, 4) is 0 Å². The van der Waals surface area contributed by atoms with Crippen LogP contribution in [0.2, 0.25) is 0 Å². The van der Waals surface area contributed by atoms with Crippen molar-refractivity contribution in [2.45, 2.75) is 91.1 Å². The van der Waals surface area contributed by atoms with E-state index in [1.165, 1.54) is 91.7 Å². The van der Waals surface area contributed by atoms with Gasteiger partial charge in [0.15, 0.2) is 0 Å². The fraction of sp³-hybridized carbons (Fsp3) is 0.455. The molecule has 0 aliphatic carbocycles. The van der Waals surface area contributed by atoms with E-state index in [0.717, 1.165) is 38.8 Å². The molecule has 0 bridgehead atoms. The maximum atomic E-state index is 2.66. The SMILES string of the molecule is CCN1CCC[C@H]1CCN(Cc1ccc(C)cc1)Cc1ccc(C)cc1.CN1CCC[C@H]1CN(Cc1ccccc1)Cc1ccccc1. The number of benzene rings is 4. The topological polar surface area (TPSA) is 13.0 Å². The van der Waals surface area contributed by atoms with Crippen LogP contribution in [0, 0.1) is 13.8 Å². The van der Waals surface area contributed by atoms with E-state index in [1.807, 2.05) is 0 Å². The molecule has 0 radical (unpaired) electrons. The Hall–Kier alpha value is -3.28. The summed E-state index contributed by atoms with van der Waals surface area (Å²) in [5.41, 5.74) is 8.31. The van der Waals surface area contributed by atoms with Crippen LogP contribution in [-0.2, 0) is 26.2 Å². The zero-order valence-corrected chi connectivity index (χ0v) is 30.2. The normalized spacial score (nSPS) is 18.4. The lowest BCUT2D eigenvalue weighted by molar-refractivity contribution is 0.180. The first-order chi connectivity index (χ1) is 23.4. The third-order valence-corrected chi connectivity index (χ3v) is 10.4. The molecule has 0 spiro atoms. The van der Waals surface area contributed by atoms with Crippen molar-refractivity contribution < 1.29 is 0 Å². The van der Waals surface area contributed by atoms with Gasteiger partial charge in [-0.15, -0.1) is 0 Å². The van der Waals surface area contributed by atoms with Crippen molar-refractivity contribution >= 4 is 0 Å². The van der Waals surface area contributed by atoms with Gasteiger partial charge in [-0.1, -0.05) is 127 Å². The summed E-state index contributed by atoms with van der Waals surface area (Å²) in [5, 5.41) is 0. The van der Waals surface area contributed by atoms with Gasteiger partial charge in [-0.2, -0.15) is 0 Å². The number of rotatable bonds is 14. The minimum atomic E-state index is 0.701. The average Bonchev–Trinajstić information content (AvgIpc) is 3.75. The first-order valence-corrected chi connectivity index (χ1v) is 18.5. The smallest absolute Gasteiger partial charge is 0.0237 e. The van der Waals surface area contributed by atoms with Crippen molar-refractivity contribution in [2.75, 3.05) is 39.8 Å². The van der Waals surface area contributed by atoms with Crippen LogP contribution >= 0.6 is 0 Å². The molecule has 2 heterocycles. The van der Waals surface area contributed by atoms with Gasteiger partial charge in [-0.05, 0) is 94.9 Å². The standard InChI is InChI=1S/C24H34N2.C20H26N2/c1-4-26-16-5-6-24(26)15-17-25(18-22-11-7-20(2)8-12-22)19-23-13-9-21(3)10-14-23;1-21-14-8-13-20(21)17-22(15-18-9-4-2-5-10-18)16-19-11-6-3-7-12-19/h7-14,24H,4-6,15-19H2,1-3H3;2-7,9-12,20H,8,13-17H2,1H3/t24-;20-/m00/s1. The maximum Gasteiger partial charge on any atom is 0.0237 e. The Morgan fingerprint density at radius 3 is 1.50 bits per heavy atom. The van der Waals surface area contributed by atoms with E-state index < -0.39 is 0 Å². The second kappa shape index (κ2) is 19.0. The second-order valence-electron chi connectivity index (χ2n) is 14.3. The van der Waals surface area contributed by atoms with Gasteiger partial charge in [0.25, 0.3) is 0 Å². The Balaban J connectivity index is 0.000000190. The van der Waals surface area contributed by atoms with Crippen LogP contribution < -0.4 is 0 Å². The summed E-state index contributed by atoms with van der Waals surface area (Å²) in [4.78, 5) is 10.4. The molecule has 256 valence electrons. The molecule has 4 heteroatoms. The van der Waals surface area contributed by atoms with Crippen LogP contribution in [0.5, 0.6) is 0 Å². The van der Waals surface area contributed by atoms with Crippen molar-refractivity contribution in [1.29, 1.82) is 0 Å². The summed E-state index contributed by atoms with van der Waals surface area (Å²) in [7, 11) is 2.26. The fourth-order valence-electron chi connectivity index (χ4n) is 7.46. The van der Waals surface area contributed by atoms with Crippen LogP contribution in [0.1, 0.15) is 72.4 Å². The molecule has 2 aliphatic rings. The lowest BCUT2D eigenvalue weighted by Crippen LogP contribution is -2.38. The zero-order valence-electron chi connectivity index (χ0n) is 30.2.